The van der Waals surface area contributed by atoms with Crippen molar-refractivity contribution < 1.29 is 4.74 Å². The van der Waals surface area contributed by atoms with E-state index in [4.69, 9.17) is 16.2 Å². The van der Waals surface area contributed by atoms with Gasteiger partial charge in [-0.3, -0.25) is 4.99 Å². The minimum absolute atomic E-state index is 0.130. The number of hydrogen-bond donors (Lipinski definition) is 2. The highest BCUT2D eigenvalue weighted by atomic mass is 16.5. The summed E-state index contributed by atoms with van der Waals surface area (Å²) in [5.74, 6) is 1.02. The molecule has 88 valence electrons. The van der Waals surface area contributed by atoms with Gasteiger partial charge < -0.3 is 16.2 Å². The third-order valence-corrected chi connectivity index (χ3v) is 2.43. The second kappa shape index (κ2) is 6.00. The molecule has 0 fully saturated rings. The number of ether oxygens (including phenoxy) is 1. The van der Waals surface area contributed by atoms with Crippen molar-refractivity contribution in [3.8, 4) is 5.75 Å². The van der Waals surface area contributed by atoms with Crippen LogP contribution in [0.15, 0.2) is 23.2 Å². The standard InChI is InChI=1S/C12H19N3O/c1-3-9-4-5-11(16-2)10(8-9)6-7-15-12(13)14/h4-5,8H,3,6-7H2,1-2H3,(H4,13,14,15). The molecule has 0 aliphatic rings. The summed E-state index contributed by atoms with van der Waals surface area (Å²) in [5, 5.41) is 0. The van der Waals surface area contributed by atoms with Gasteiger partial charge in [0.2, 0.25) is 0 Å². The lowest BCUT2D eigenvalue weighted by atomic mass is 10.1. The Labute approximate surface area is 96.3 Å². The number of methoxy groups -OCH3 is 1. The second-order valence-corrected chi connectivity index (χ2v) is 3.56. The minimum Gasteiger partial charge on any atom is -0.496 e. The molecule has 0 atom stereocenters. The molecule has 0 aliphatic carbocycles. The van der Waals surface area contributed by atoms with Crippen LogP contribution in [-0.4, -0.2) is 19.6 Å². The molecule has 1 rings (SSSR count). The van der Waals surface area contributed by atoms with Crippen LogP contribution in [-0.2, 0) is 12.8 Å². The normalized spacial score (nSPS) is 9.88. The Bertz CT molecular complexity index is 371. The van der Waals surface area contributed by atoms with Gasteiger partial charge in [0.25, 0.3) is 0 Å². The first-order chi connectivity index (χ1) is 7.67. The molecule has 0 amide bonds. The summed E-state index contributed by atoms with van der Waals surface area (Å²) in [5.41, 5.74) is 13.0. The molecule has 0 saturated heterocycles. The summed E-state index contributed by atoms with van der Waals surface area (Å²) in [6.45, 7) is 2.72. The van der Waals surface area contributed by atoms with Gasteiger partial charge in [-0.25, -0.2) is 0 Å². The average Bonchev–Trinajstić information content (AvgIpc) is 2.28. The first kappa shape index (κ1) is 12.4. The fourth-order valence-electron chi connectivity index (χ4n) is 1.55. The summed E-state index contributed by atoms with van der Waals surface area (Å²) >= 11 is 0. The summed E-state index contributed by atoms with van der Waals surface area (Å²) in [6.07, 6.45) is 1.80. The van der Waals surface area contributed by atoms with Crippen LogP contribution in [0.3, 0.4) is 0 Å². The molecular formula is C12H19N3O. The minimum atomic E-state index is 0.130. The van der Waals surface area contributed by atoms with Crippen LogP contribution in [0.2, 0.25) is 0 Å². The predicted molar refractivity (Wildman–Crippen MR) is 66.8 cm³/mol. The summed E-state index contributed by atoms with van der Waals surface area (Å²) < 4.78 is 5.29. The molecule has 4 nitrogen and oxygen atoms in total. The Morgan fingerprint density at radius 1 is 1.38 bits per heavy atom. The number of hydrogen-bond acceptors (Lipinski definition) is 2. The van der Waals surface area contributed by atoms with E-state index in [1.165, 1.54) is 5.56 Å². The molecule has 1 aromatic carbocycles. The van der Waals surface area contributed by atoms with E-state index < -0.39 is 0 Å². The Balaban J connectivity index is 2.79. The Kier molecular flexibility index (Phi) is 4.64. The van der Waals surface area contributed by atoms with E-state index in [0.717, 1.165) is 24.2 Å². The van der Waals surface area contributed by atoms with Crippen LogP contribution in [0.1, 0.15) is 18.1 Å². The van der Waals surface area contributed by atoms with Crippen molar-refractivity contribution in [2.45, 2.75) is 19.8 Å². The molecule has 0 saturated carbocycles. The van der Waals surface area contributed by atoms with E-state index in [-0.39, 0.29) is 5.96 Å². The van der Waals surface area contributed by atoms with Crippen LogP contribution < -0.4 is 16.2 Å². The van der Waals surface area contributed by atoms with Crippen molar-refractivity contribution in [1.29, 1.82) is 0 Å². The molecule has 0 heterocycles. The fourth-order valence-corrected chi connectivity index (χ4v) is 1.55. The predicted octanol–water partition coefficient (Wildman–Crippen LogP) is 1.07. The van der Waals surface area contributed by atoms with Gasteiger partial charge in [-0.2, -0.15) is 0 Å². The molecule has 0 aromatic heterocycles. The van der Waals surface area contributed by atoms with Gasteiger partial charge in [0.1, 0.15) is 5.75 Å². The van der Waals surface area contributed by atoms with E-state index in [2.05, 4.69) is 24.0 Å². The highest BCUT2D eigenvalue weighted by molar-refractivity contribution is 5.75. The summed E-state index contributed by atoms with van der Waals surface area (Å²) in [4.78, 5) is 3.97. The summed E-state index contributed by atoms with van der Waals surface area (Å²) in [7, 11) is 1.67. The van der Waals surface area contributed by atoms with Crippen molar-refractivity contribution in [3.05, 3.63) is 29.3 Å². The number of guanidine groups is 1. The zero-order valence-corrected chi connectivity index (χ0v) is 9.86. The van der Waals surface area contributed by atoms with E-state index >= 15 is 0 Å². The van der Waals surface area contributed by atoms with Crippen molar-refractivity contribution >= 4 is 5.96 Å². The SMILES string of the molecule is CCc1ccc(OC)c(CCN=C(N)N)c1. The zero-order valence-electron chi connectivity index (χ0n) is 9.86. The topological polar surface area (TPSA) is 73.6 Å². The third-order valence-electron chi connectivity index (χ3n) is 2.43. The maximum absolute atomic E-state index is 5.29. The summed E-state index contributed by atoms with van der Waals surface area (Å²) in [6, 6.07) is 6.20. The van der Waals surface area contributed by atoms with Gasteiger partial charge in [0, 0.05) is 6.54 Å². The lowest BCUT2D eigenvalue weighted by Crippen LogP contribution is -2.23. The number of nitrogens with zero attached hydrogens (tertiary/aromatic N) is 1. The van der Waals surface area contributed by atoms with E-state index in [0.29, 0.717) is 6.54 Å². The number of benzene rings is 1. The van der Waals surface area contributed by atoms with Crippen LogP contribution in [0.4, 0.5) is 0 Å². The monoisotopic (exact) mass is 221 g/mol. The molecule has 0 bridgehead atoms. The largest absolute Gasteiger partial charge is 0.496 e. The number of aryl methyl sites for hydroxylation is 1. The molecule has 0 radical (unpaired) electrons. The van der Waals surface area contributed by atoms with Crippen LogP contribution >= 0.6 is 0 Å². The molecule has 0 spiro atoms. The molecule has 4 N–H and O–H groups in total. The Morgan fingerprint density at radius 3 is 2.69 bits per heavy atom. The van der Waals surface area contributed by atoms with Crippen LogP contribution in [0.25, 0.3) is 0 Å². The fraction of sp³-hybridized carbons (Fsp3) is 0.417. The maximum atomic E-state index is 5.29. The first-order valence-corrected chi connectivity index (χ1v) is 5.38. The van der Waals surface area contributed by atoms with Crippen molar-refractivity contribution in [1.82, 2.24) is 0 Å². The van der Waals surface area contributed by atoms with Crippen LogP contribution in [0.5, 0.6) is 5.75 Å². The van der Waals surface area contributed by atoms with Gasteiger partial charge in [-0.05, 0) is 30.0 Å². The Morgan fingerprint density at radius 2 is 2.12 bits per heavy atom. The zero-order chi connectivity index (χ0) is 12.0. The lowest BCUT2D eigenvalue weighted by Gasteiger charge is -2.09. The molecule has 16 heavy (non-hydrogen) atoms. The smallest absolute Gasteiger partial charge is 0.185 e. The second-order valence-electron chi connectivity index (χ2n) is 3.56. The third kappa shape index (κ3) is 3.46. The number of rotatable bonds is 5. The van der Waals surface area contributed by atoms with Crippen LogP contribution in [0, 0.1) is 0 Å². The molecular weight excluding hydrogens is 202 g/mol. The number of nitrogens with two attached hydrogens (primary N) is 2. The molecule has 4 heteroatoms. The molecule has 0 aliphatic heterocycles. The molecule has 1 aromatic rings. The average molecular weight is 221 g/mol. The van der Waals surface area contributed by atoms with E-state index in [9.17, 15) is 0 Å². The highest BCUT2D eigenvalue weighted by Gasteiger charge is 2.03. The van der Waals surface area contributed by atoms with E-state index in [1.54, 1.807) is 7.11 Å². The highest BCUT2D eigenvalue weighted by Crippen LogP contribution is 2.20. The maximum Gasteiger partial charge on any atom is 0.185 e. The molecule has 0 unspecified atom stereocenters. The van der Waals surface area contributed by atoms with Gasteiger partial charge in [-0.1, -0.05) is 19.1 Å². The number of aliphatic imine (C=N–C) groups is 1. The van der Waals surface area contributed by atoms with Gasteiger partial charge in [0.15, 0.2) is 5.96 Å². The quantitative estimate of drug-likeness (QED) is 0.577. The van der Waals surface area contributed by atoms with Gasteiger partial charge in [-0.15, -0.1) is 0 Å². The first-order valence-electron chi connectivity index (χ1n) is 5.38. The van der Waals surface area contributed by atoms with Crippen molar-refractivity contribution in [3.63, 3.8) is 0 Å². The Hall–Kier alpha value is -1.71. The lowest BCUT2D eigenvalue weighted by molar-refractivity contribution is 0.409. The van der Waals surface area contributed by atoms with Crippen molar-refractivity contribution in [2.24, 2.45) is 16.5 Å². The van der Waals surface area contributed by atoms with E-state index in [1.807, 2.05) is 6.07 Å². The van der Waals surface area contributed by atoms with Crippen molar-refractivity contribution in [2.75, 3.05) is 13.7 Å². The van der Waals surface area contributed by atoms with Gasteiger partial charge in [0.05, 0.1) is 7.11 Å². The van der Waals surface area contributed by atoms with Gasteiger partial charge >= 0.3 is 0 Å².